The molecule has 104 valence electrons. The van der Waals surface area contributed by atoms with Gasteiger partial charge >= 0.3 is 5.97 Å². The minimum absolute atomic E-state index is 0.0852. The zero-order valence-electron chi connectivity index (χ0n) is 11.4. The van der Waals surface area contributed by atoms with Crippen LogP contribution >= 0.6 is 0 Å². The molecule has 0 aromatic heterocycles. The fourth-order valence-corrected chi connectivity index (χ4v) is 3.03. The van der Waals surface area contributed by atoms with E-state index in [9.17, 15) is 9.18 Å². The van der Waals surface area contributed by atoms with Gasteiger partial charge in [-0.3, -0.25) is 4.79 Å². The number of anilines is 1. The van der Waals surface area contributed by atoms with E-state index in [2.05, 4.69) is 4.90 Å². The summed E-state index contributed by atoms with van der Waals surface area (Å²) in [6, 6.07) is 6.52. The molecule has 4 heteroatoms. The molecule has 1 unspecified atom stereocenters. The first-order chi connectivity index (χ1) is 8.91. The number of carboxylic acids is 1. The monoisotopic (exact) mass is 265 g/mol. The van der Waals surface area contributed by atoms with Crippen LogP contribution in [-0.2, 0) is 4.79 Å². The molecule has 0 radical (unpaired) electrons. The van der Waals surface area contributed by atoms with Crippen molar-refractivity contribution in [1.29, 1.82) is 0 Å². The molecule has 1 saturated heterocycles. The Hall–Kier alpha value is -1.58. The molecular formula is C15H20FNO2. The molecule has 1 fully saturated rings. The maximum Gasteiger partial charge on any atom is 0.303 e. The fourth-order valence-electron chi connectivity index (χ4n) is 3.03. The topological polar surface area (TPSA) is 40.5 Å². The van der Waals surface area contributed by atoms with Crippen LogP contribution in [0.1, 0.15) is 33.1 Å². The number of hydrogen-bond acceptors (Lipinski definition) is 2. The number of carbonyl (C=O) groups is 1. The van der Waals surface area contributed by atoms with E-state index in [1.165, 1.54) is 12.1 Å². The maximum atomic E-state index is 13.4. The van der Waals surface area contributed by atoms with Gasteiger partial charge in [-0.2, -0.15) is 0 Å². The largest absolute Gasteiger partial charge is 0.481 e. The van der Waals surface area contributed by atoms with Gasteiger partial charge in [-0.1, -0.05) is 6.07 Å². The van der Waals surface area contributed by atoms with E-state index in [4.69, 9.17) is 5.11 Å². The van der Waals surface area contributed by atoms with Gasteiger partial charge in [-0.05, 0) is 50.8 Å². The second kappa shape index (κ2) is 5.19. The predicted octanol–water partition coefficient (Wildman–Crippen LogP) is 3.30. The molecule has 1 atom stereocenters. The molecule has 0 saturated carbocycles. The van der Waals surface area contributed by atoms with Gasteiger partial charge in [0.15, 0.2) is 0 Å². The highest BCUT2D eigenvalue weighted by molar-refractivity contribution is 5.67. The average Bonchev–Trinajstić information content (AvgIpc) is 2.31. The van der Waals surface area contributed by atoms with E-state index in [1.807, 2.05) is 19.9 Å². The molecule has 2 rings (SSSR count). The minimum atomic E-state index is -0.765. The quantitative estimate of drug-likeness (QED) is 0.911. The number of piperidine rings is 1. The molecular weight excluding hydrogens is 245 g/mol. The highest BCUT2D eigenvalue weighted by Crippen LogP contribution is 2.38. The zero-order chi connectivity index (χ0) is 14.0. The van der Waals surface area contributed by atoms with Crippen molar-refractivity contribution < 1.29 is 14.3 Å². The number of benzene rings is 1. The lowest BCUT2D eigenvalue weighted by atomic mass is 9.77. The standard InChI is InChI=1S/C15H20FNO2/c1-15(2)11(9-14(18)19)5-4-8-17(15)13-7-3-6-12(16)10-13/h3,6-7,10-11H,4-5,8-9H2,1-2H3,(H,18,19). The Balaban J connectivity index is 2.27. The van der Waals surface area contributed by atoms with Crippen LogP contribution in [0.25, 0.3) is 0 Å². The van der Waals surface area contributed by atoms with Crippen LogP contribution in [0.15, 0.2) is 24.3 Å². The Bertz CT molecular complexity index is 473. The number of hydrogen-bond donors (Lipinski definition) is 1. The zero-order valence-corrected chi connectivity index (χ0v) is 11.4. The van der Waals surface area contributed by atoms with E-state index in [1.54, 1.807) is 6.07 Å². The molecule has 1 aliphatic rings. The lowest BCUT2D eigenvalue weighted by molar-refractivity contribution is -0.138. The normalized spacial score (nSPS) is 22.3. The second-order valence-electron chi connectivity index (χ2n) is 5.72. The Morgan fingerprint density at radius 3 is 2.89 bits per heavy atom. The second-order valence-corrected chi connectivity index (χ2v) is 5.72. The Morgan fingerprint density at radius 2 is 2.26 bits per heavy atom. The van der Waals surface area contributed by atoms with E-state index < -0.39 is 5.97 Å². The summed E-state index contributed by atoms with van der Waals surface area (Å²) in [5.74, 6) is -0.935. The van der Waals surface area contributed by atoms with Gasteiger partial charge in [0.05, 0.1) is 6.42 Å². The third-order valence-corrected chi connectivity index (χ3v) is 4.17. The van der Waals surface area contributed by atoms with Crippen LogP contribution in [-0.4, -0.2) is 23.2 Å². The fraction of sp³-hybridized carbons (Fsp3) is 0.533. The Kier molecular flexibility index (Phi) is 3.78. The molecule has 3 nitrogen and oxygen atoms in total. The van der Waals surface area contributed by atoms with Gasteiger partial charge in [0.2, 0.25) is 0 Å². The molecule has 0 aliphatic carbocycles. The molecule has 1 aliphatic heterocycles. The van der Waals surface area contributed by atoms with Crippen molar-refractivity contribution in [3.8, 4) is 0 Å². The molecule has 1 N–H and O–H groups in total. The van der Waals surface area contributed by atoms with Crippen LogP contribution < -0.4 is 4.90 Å². The summed E-state index contributed by atoms with van der Waals surface area (Å²) < 4.78 is 13.4. The van der Waals surface area contributed by atoms with Gasteiger partial charge in [-0.15, -0.1) is 0 Å². The van der Waals surface area contributed by atoms with Gasteiger partial charge < -0.3 is 10.0 Å². The van der Waals surface area contributed by atoms with Crippen molar-refractivity contribution in [2.75, 3.05) is 11.4 Å². The van der Waals surface area contributed by atoms with Crippen LogP contribution in [0.3, 0.4) is 0 Å². The first-order valence-electron chi connectivity index (χ1n) is 6.66. The van der Waals surface area contributed by atoms with Gasteiger partial charge in [0, 0.05) is 17.8 Å². The van der Waals surface area contributed by atoms with Gasteiger partial charge in [0.25, 0.3) is 0 Å². The first-order valence-corrected chi connectivity index (χ1v) is 6.66. The van der Waals surface area contributed by atoms with Crippen molar-refractivity contribution >= 4 is 11.7 Å². The molecule has 1 aromatic carbocycles. The van der Waals surface area contributed by atoms with Gasteiger partial charge in [-0.25, -0.2) is 4.39 Å². The molecule has 0 spiro atoms. The van der Waals surface area contributed by atoms with Crippen molar-refractivity contribution in [3.05, 3.63) is 30.1 Å². The number of carboxylic acid groups (broad SMARTS) is 1. The van der Waals surface area contributed by atoms with Crippen molar-refractivity contribution in [2.24, 2.45) is 5.92 Å². The van der Waals surface area contributed by atoms with Crippen LogP contribution in [0.2, 0.25) is 0 Å². The van der Waals surface area contributed by atoms with E-state index in [0.29, 0.717) is 0 Å². The summed E-state index contributed by atoms with van der Waals surface area (Å²) in [7, 11) is 0. The SMILES string of the molecule is CC1(C)C(CC(=O)O)CCCN1c1cccc(F)c1. The molecule has 0 bridgehead atoms. The molecule has 1 heterocycles. The lowest BCUT2D eigenvalue weighted by Crippen LogP contribution is -2.54. The third kappa shape index (κ3) is 2.88. The number of aliphatic carboxylic acids is 1. The van der Waals surface area contributed by atoms with Crippen molar-refractivity contribution in [1.82, 2.24) is 0 Å². The van der Waals surface area contributed by atoms with Crippen LogP contribution in [0.5, 0.6) is 0 Å². The highest BCUT2D eigenvalue weighted by Gasteiger charge is 2.39. The van der Waals surface area contributed by atoms with Crippen LogP contribution in [0.4, 0.5) is 10.1 Å². The van der Waals surface area contributed by atoms with E-state index in [-0.39, 0.29) is 23.7 Å². The third-order valence-electron chi connectivity index (χ3n) is 4.17. The predicted molar refractivity (Wildman–Crippen MR) is 72.8 cm³/mol. The summed E-state index contributed by atoms with van der Waals surface area (Å²) >= 11 is 0. The maximum absolute atomic E-state index is 13.4. The first kappa shape index (κ1) is 13.8. The van der Waals surface area contributed by atoms with Crippen molar-refractivity contribution in [2.45, 2.75) is 38.6 Å². The molecule has 1 aromatic rings. The number of halogens is 1. The number of rotatable bonds is 3. The molecule has 19 heavy (non-hydrogen) atoms. The summed E-state index contributed by atoms with van der Waals surface area (Å²) in [4.78, 5) is 13.1. The van der Waals surface area contributed by atoms with E-state index >= 15 is 0 Å². The Morgan fingerprint density at radius 1 is 1.53 bits per heavy atom. The Labute approximate surface area is 113 Å². The minimum Gasteiger partial charge on any atom is -0.481 e. The van der Waals surface area contributed by atoms with Gasteiger partial charge in [0.1, 0.15) is 5.82 Å². The summed E-state index contributed by atoms with van der Waals surface area (Å²) in [5, 5.41) is 9.02. The van der Waals surface area contributed by atoms with E-state index in [0.717, 1.165) is 25.1 Å². The smallest absolute Gasteiger partial charge is 0.303 e. The molecule has 0 amide bonds. The van der Waals surface area contributed by atoms with Crippen LogP contribution in [0, 0.1) is 11.7 Å². The lowest BCUT2D eigenvalue weighted by Gasteiger charge is -2.49. The van der Waals surface area contributed by atoms with Crippen molar-refractivity contribution in [3.63, 3.8) is 0 Å². The number of nitrogens with zero attached hydrogens (tertiary/aromatic N) is 1. The summed E-state index contributed by atoms with van der Waals surface area (Å²) in [5.41, 5.74) is 0.560. The average molecular weight is 265 g/mol. The summed E-state index contributed by atoms with van der Waals surface area (Å²) in [6.07, 6.45) is 2.02. The highest BCUT2D eigenvalue weighted by atomic mass is 19.1. The summed E-state index contributed by atoms with van der Waals surface area (Å²) in [6.45, 7) is 4.93.